The largest absolute Gasteiger partial charge is 0.480 e. The van der Waals surface area contributed by atoms with Crippen LogP contribution in [-0.4, -0.2) is 106 Å². The molecule has 0 atom stereocenters. The Morgan fingerprint density at radius 2 is 1.89 bits per heavy atom. The van der Waals surface area contributed by atoms with Crippen molar-refractivity contribution in [1.29, 1.82) is 0 Å². The van der Waals surface area contributed by atoms with Gasteiger partial charge in [0.15, 0.2) is 0 Å². The Labute approximate surface area is 215 Å². The van der Waals surface area contributed by atoms with Crippen LogP contribution >= 0.6 is 11.3 Å². The molecule has 5 rings (SSSR count). The van der Waals surface area contributed by atoms with Crippen molar-refractivity contribution in [2.24, 2.45) is 0 Å². The number of piperazine rings is 1. The molecule has 0 unspecified atom stereocenters. The smallest absolute Gasteiger partial charge is 0.238 e. The lowest BCUT2D eigenvalue weighted by atomic mass is 10.1. The molecule has 0 radical (unpaired) electrons. The van der Waals surface area contributed by atoms with Gasteiger partial charge in [0.05, 0.1) is 42.5 Å². The number of thiophene rings is 1. The lowest BCUT2D eigenvalue weighted by Crippen LogP contribution is -2.43. The molecule has 2 fully saturated rings. The molecule has 36 heavy (non-hydrogen) atoms. The molecule has 0 aromatic carbocycles. The van der Waals surface area contributed by atoms with E-state index in [0.29, 0.717) is 37.8 Å². The molecule has 0 spiro atoms. The van der Waals surface area contributed by atoms with Crippen LogP contribution in [0.2, 0.25) is 0 Å². The van der Waals surface area contributed by atoms with Crippen molar-refractivity contribution in [2.75, 3.05) is 82.5 Å². The van der Waals surface area contributed by atoms with Crippen LogP contribution in [-0.2, 0) is 21.3 Å². The van der Waals surface area contributed by atoms with E-state index < -0.39 is 10.0 Å². The average Bonchev–Trinajstić information content (AvgIpc) is 3.27. The van der Waals surface area contributed by atoms with E-state index in [4.69, 9.17) is 19.4 Å². The van der Waals surface area contributed by atoms with Crippen LogP contribution in [0.4, 0.5) is 11.6 Å². The standard InChI is InChI=1S/C23H31N7O4S2/c1-28-4-6-29(7-5-28)14-17-15-35-21-19(25-23(26-20(17)21)30-8-10-34-11-9-30)16-12-18(27-36(3,31)32)22(33-2)24-13-16/h12-13,15,27H,4-11,14H2,1-3H3. The first-order valence-electron chi connectivity index (χ1n) is 11.8. The molecule has 5 heterocycles. The third-order valence-corrected chi connectivity index (χ3v) is 7.99. The Bertz CT molecular complexity index is 1330. The number of likely N-dealkylation sites (N-methyl/N-ethyl adjacent to an activating group) is 1. The van der Waals surface area contributed by atoms with E-state index in [1.807, 2.05) is 0 Å². The second-order valence-electron chi connectivity index (χ2n) is 9.14. The Morgan fingerprint density at radius 1 is 1.14 bits per heavy atom. The Hall–Kier alpha value is -2.58. The van der Waals surface area contributed by atoms with E-state index in [1.54, 1.807) is 23.6 Å². The number of anilines is 2. The molecule has 13 heteroatoms. The quantitative estimate of drug-likeness (QED) is 0.482. The third-order valence-electron chi connectivity index (χ3n) is 6.37. The number of fused-ring (bicyclic) bond motifs is 1. The fourth-order valence-electron chi connectivity index (χ4n) is 4.43. The molecule has 1 N–H and O–H groups in total. The van der Waals surface area contributed by atoms with Gasteiger partial charge in [-0.1, -0.05) is 0 Å². The number of pyridine rings is 1. The van der Waals surface area contributed by atoms with Crippen molar-refractivity contribution in [3.63, 3.8) is 0 Å². The van der Waals surface area contributed by atoms with Crippen LogP contribution < -0.4 is 14.4 Å². The Kier molecular flexibility index (Phi) is 7.26. The lowest BCUT2D eigenvalue weighted by Gasteiger charge is -2.32. The summed E-state index contributed by atoms with van der Waals surface area (Å²) < 4.78 is 38.2. The van der Waals surface area contributed by atoms with Gasteiger partial charge in [-0.2, -0.15) is 0 Å². The summed E-state index contributed by atoms with van der Waals surface area (Å²) in [5.41, 5.74) is 3.79. The SMILES string of the molecule is COc1ncc(-c2nc(N3CCOCC3)nc3c(CN4CCN(C)CC4)csc23)cc1NS(C)(=O)=O. The van der Waals surface area contributed by atoms with Crippen molar-refractivity contribution in [2.45, 2.75) is 6.54 Å². The Morgan fingerprint density at radius 3 is 2.58 bits per heavy atom. The molecule has 3 aromatic rings. The molecule has 0 aliphatic carbocycles. The fraction of sp³-hybridized carbons (Fsp3) is 0.522. The predicted octanol–water partition coefficient (Wildman–Crippen LogP) is 1.72. The Balaban J connectivity index is 1.59. The first-order chi connectivity index (χ1) is 17.3. The number of nitrogens with zero attached hydrogens (tertiary/aromatic N) is 6. The normalized spacial score (nSPS) is 18.0. The topological polar surface area (TPSA) is 113 Å². The monoisotopic (exact) mass is 533 g/mol. The van der Waals surface area contributed by atoms with E-state index in [-0.39, 0.29) is 11.6 Å². The van der Waals surface area contributed by atoms with E-state index in [0.717, 1.165) is 54.9 Å². The first kappa shape index (κ1) is 25.1. The number of aromatic nitrogens is 3. The maximum absolute atomic E-state index is 12.0. The van der Waals surface area contributed by atoms with Crippen LogP contribution in [0.3, 0.4) is 0 Å². The summed E-state index contributed by atoms with van der Waals surface area (Å²) in [6, 6.07) is 1.72. The van der Waals surface area contributed by atoms with Gasteiger partial charge in [0, 0.05) is 63.1 Å². The number of morpholine rings is 1. The summed E-state index contributed by atoms with van der Waals surface area (Å²) >= 11 is 1.61. The van der Waals surface area contributed by atoms with Crippen LogP contribution in [0.1, 0.15) is 5.56 Å². The van der Waals surface area contributed by atoms with Gasteiger partial charge in [-0.3, -0.25) is 9.62 Å². The van der Waals surface area contributed by atoms with E-state index in [9.17, 15) is 8.42 Å². The molecule has 2 saturated heterocycles. The number of hydrogen-bond acceptors (Lipinski definition) is 11. The van der Waals surface area contributed by atoms with Crippen LogP contribution in [0.5, 0.6) is 5.88 Å². The van der Waals surface area contributed by atoms with Crippen molar-refractivity contribution < 1.29 is 17.9 Å². The summed E-state index contributed by atoms with van der Waals surface area (Å²) in [5, 5.41) is 2.16. The highest BCUT2D eigenvalue weighted by Gasteiger charge is 2.23. The van der Waals surface area contributed by atoms with E-state index in [2.05, 4.69) is 36.8 Å². The van der Waals surface area contributed by atoms with Gasteiger partial charge in [0.25, 0.3) is 0 Å². The fourth-order valence-corrected chi connectivity index (χ4v) is 5.99. The second kappa shape index (κ2) is 10.4. The molecule has 0 amide bonds. The van der Waals surface area contributed by atoms with Gasteiger partial charge in [0.1, 0.15) is 5.69 Å². The van der Waals surface area contributed by atoms with Gasteiger partial charge in [-0.25, -0.2) is 23.4 Å². The van der Waals surface area contributed by atoms with Crippen LogP contribution in [0.25, 0.3) is 21.5 Å². The zero-order chi connectivity index (χ0) is 25.3. The summed E-state index contributed by atoms with van der Waals surface area (Å²) in [7, 11) is 0.0872. The maximum atomic E-state index is 12.0. The molecule has 2 aliphatic heterocycles. The van der Waals surface area contributed by atoms with Crippen molar-refractivity contribution >= 4 is 43.2 Å². The van der Waals surface area contributed by atoms with Crippen molar-refractivity contribution in [1.82, 2.24) is 24.8 Å². The third kappa shape index (κ3) is 5.54. The number of methoxy groups -OCH3 is 1. The number of rotatable bonds is 7. The summed E-state index contributed by atoms with van der Waals surface area (Å²) in [5.74, 6) is 0.845. The van der Waals surface area contributed by atoms with Crippen LogP contribution in [0.15, 0.2) is 17.6 Å². The molecular formula is C23H31N7O4S2. The lowest BCUT2D eigenvalue weighted by molar-refractivity contribution is 0.122. The molecule has 194 valence electrons. The summed E-state index contributed by atoms with van der Waals surface area (Å²) in [6.45, 7) is 7.64. The highest BCUT2D eigenvalue weighted by molar-refractivity contribution is 7.92. The van der Waals surface area contributed by atoms with E-state index in [1.165, 1.54) is 12.7 Å². The minimum absolute atomic E-state index is 0.199. The molecule has 3 aromatic heterocycles. The highest BCUT2D eigenvalue weighted by atomic mass is 32.2. The first-order valence-corrected chi connectivity index (χ1v) is 14.6. The number of hydrogen-bond donors (Lipinski definition) is 1. The molecular weight excluding hydrogens is 502 g/mol. The minimum Gasteiger partial charge on any atom is -0.480 e. The van der Waals surface area contributed by atoms with E-state index >= 15 is 0 Å². The molecule has 0 saturated carbocycles. The molecule has 2 aliphatic rings. The van der Waals surface area contributed by atoms with Crippen molar-refractivity contribution in [3.05, 3.63) is 23.2 Å². The second-order valence-corrected chi connectivity index (χ2v) is 11.8. The van der Waals surface area contributed by atoms with Gasteiger partial charge < -0.3 is 19.3 Å². The number of nitrogens with one attached hydrogen (secondary N) is 1. The van der Waals surface area contributed by atoms with Crippen LogP contribution in [0, 0.1) is 0 Å². The number of ether oxygens (including phenoxy) is 2. The number of sulfonamides is 1. The van der Waals surface area contributed by atoms with Gasteiger partial charge in [-0.05, 0) is 18.5 Å². The zero-order valence-corrected chi connectivity index (χ0v) is 22.4. The van der Waals surface area contributed by atoms with Crippen molar-refractivity contribution in [3.8, 4) is 17.1 Å². The maximum Gasteiger partial charge on any atom is 0.238 e. The summed E-state index contributed by atoms with van der Waals surface area (Å²) in [4.78, 5) is 21.3. The van der Waals surface area contributed by atoms with Gasteiger partial charge >= 0.3 is 0 Å². The van der Waals surface area contributed by atoms with Gasteiger partial charge in [-0.15, -0.1) is 11.3 Å². The minimum atomic E-state index is -3.52. The molecule has 0 bridgehead atoms. The summed E-state index contributed by atoms with van der Waals surface area (Å²) in [6.07, 6.45) is 2.76. The molecule has 11 nitrogen and oxygen atoms in total. The zero-order valence-electron chi connectivity index (χ0n) is 20.7. The highest BCUT2D eigenvalue weighted by Crippen LogP contribution is 2.37. The van der Waals surface area contributed by atoms with Gasteiger partial charge in [0.2, 0.25) is 21.9 Å². The average molecular weight is 534 g/mol. The predicted molar refractivity (Wildman–Crippen MR) is 141 cm³/mol.